The number of nitrogens with two attached hydrogens (primary N) is 1. The predicted molar refractivity (Wildman–Crippen MR) is 109 cm³/mol. The fourth-order valence-electron chi connectivity index (χ4n) is 3.68. The Morgan fingerprint density at radius 1 is 1.31 bits per heavy atom. The normalized spacial score (nSPS) is 15.3. The molecule has 0 aliphatic carbocycles. The molecule has 0 fully saturated rings. The van der Waals surface area contributed by atoms with Gasteiger partial charge >= 0.3 is 0 Å². The third-order valence-corrected chi connectivity index (χ3v) is 5.89. The zero-order chi connectivity index (χ0) is 18.1. The zero-order valence-electron chi connectivity index (χ0n) is 14.9. The summed E-state index contributed by atoms with van der Waals surface area (Å²) in [6, 6.07) is 9.60. The molecular weight excluding hydrogens is 342 g/mol. The van der Waals surface area contributed by atoms with Gasteiger partial charge in [0.05, 0.1) is 10.4 Å². The molecule has 1 aromatic carbocycles. The van der Waals surface area contributed by atoms with Crippen molar-refractivity contribution in [3.8, 4) is 0 Å². The number of benzene rings is 1. The third kappa shape index (κ3) is 3.08. The van der Waals surface area contributed by atoms with E-state index in [1.165, 1.54) is 23.3 Å². The van der Waals surface area contributed by atoms with Crippen LogP contribution in [0.15, 0.2) is 48.0 Å². The lowest BCUT2D eigenvalue weighted by Crippen LogP contribution is -2.29. The summed E-state index contributed by atoms with van der Waals surface area (Å²) in [6.07, 6.45) is 6.49. The molecule has 4 rings (SSSR count). The first kappa shape index (κ1) is 17.1. The minimum Gasteiger partial charge on any atom is -0.339 e. The van der Waals surface area contributed by atoms with Gasteiger partial charge in [0, 0.05) is 35.8 Å². The average Bonchev–Trinajstić information content (AvgIpc) is 3.30. The van der Waals surface area contributed by atoms with Crippen LogP contribution in [0.2, 0.25) is 0 Å². The van der Waals surface area contributed by atoms with E-state index < -0.39 is 0 Å². The Bertz CT molecular complexity index is 969. The minimum atomic E-state index is 0.0735. The summed E-state index contributed by atoms with van der Waals surface area (Å²) in [5, 5.41) is 2.99. The van der Waals surface area contributed by atoms with Gasteiger partial charge in [-0.05, 0) is 54.6 Å². The molecule has 0 amide bonds. The Balaban J connectivity index is 1.72. The molecule has 0 radical (unpaired) electrons. The molecule has 2 N–H and O–H groups in total. The lowest BCUT2D eigenvalue weighted by molar-refractivity contribution is 0.104. The Morgan fingerprint density at radius 3 is 2.88 bits per heavy atom. The lowest BCUT2D eigenvalue weighted by atomic mass is 9.97. The van der Waals surface area contributed by atoms with Gasteiger partial charge in [-0.3, -0.25) is 14.4 Å². The van der Waals surface area contributed by atoms with Crippen molar-refractivity contribution < 1.29 is 4.79 Å². The molecule has 0 saturated heterocycles. The molecule has 0 atom stereocenters. The second kappa shape index (κ2) is 7.09. The van der Waals surface area contributed by atoms with Crippen molar-refractivity contribution >= 4 is 33.6 Å². The summed E-state index contributed by atoms with van der Waals surface area (Å²) < 4.78 is 1.67. The van der Waals surface area contributed by atoms with Gasteiger partial charge in [-0.15, -0.1) is 11.3 Å². The highest BCUT2D eigenvalue weighted by Gasteiger charge is 2.18. The summed E-state index contributed by atoms with van der Waals surface area (Å²) in [5.74, 6) is 6.25. The van der Waals surface area contributed by atoms with E-state index in [4.69, 9.17) is 5.84 Å². The van der Waals surface area contributed by atoms with Crippen LogP contribution in [0, 0.1) is 0 Å². The maximum atomic E-state index is 12.7. The molecule has 3 heterocycles. The van der Waals surface area contributed by atoms with Crippen molar-refractivity contribution in [2.75, 3.05) is 25.5 Å². The molecule has 4 nitrogen and oxygen atoms in total. The second-order valence-electron chi connectivity index (χ2n) is 6.77. The number of thiophene rings is 1. The van der Waals surface area contributed by atoms with Crippen LogP contribution in [0.3, 0.4) is 0 Å². The predicted octanol–water partition coefficient (Wildman–Crippen LogP) is 4.15. The first-order valence-electron chi connectivity index (χ1n) is 9.07. The number of hydrogen-bond acceptors (Lipinski definition) is 4. The van der Waals surface area contributed by atoms with Crippen LogP contribution in [0.5, 0.6) is 0 Å². The van der Waals surface area contributed by atoms with E-state index >= 15 is 0 Å². The van der Waals surface area contributed by atoms with Crippen molar-refractivity contribution in [1.82, 2.24) is 9.58 Å². The number of carbonyl (C=O) groups excluding carboxylic acids is 1. The number of nitrogens with zero attached hydrogens (tertiary/aromatic N) is 2. The summed E-state index contributed by atoms with van der Waals surface area (Å²) in [7, 11) is 0. The Hall–Kier alpha value is -2.37. The Labute approximate surface area is 157 Å². The molecule has 2 aromatic heterocycles. The van der Waals surface area contributed by atoms with Crippen molar-refractivity contribution in [3.05, 3.63) is 64.0 Å². The summed E-state index contributed by atoms with van der Waals surface area (Å²) >= 11 is 1.48. The number of aromatic nitrogens is 1. The molecule has 1 aliphatic heterocycles. The molecule has 26 heavy (non-hydrogen) atoms. The number of nitrogen functional groups attached to an aromatic ring is 1. The smallest absolute Gasteiger partial charge is 0.202 e. The highest BCUT2D eigenvalue weighted by Crippen LogP contribution is 2.31. The van der Waals surface area contributed by atoms with E-state index in [1.54, 1.807) is 4.68 Å². The summed E-state index contributed by atoms with van der Waals surface area (Å²) in [6.45, 7) is 5.41. The maximum Gasteiger partial charge on any atom is 0.202 e. The van der Waals surface area contributed by atoms with Crippen LogP contribution in [0.1, 0.15) is 40.6 Å². The van der Waals surface area contributed by atoms with Crippen LogP contribution >= 0.6 is 11.3 Å². The molecule has 134 valence electrons. The van der Waals surface area contributed by atoms with Crippen molar-refractivity contribution in [1.29, 1.82) is 0 Å². The van der Waals surface area contributed by atoms with Gasteiger partial charge in [-0.1, -0.05) is 19.1 Å². The maximum absolute atomic E-state index is 12.7. The third-order valence-electron chi connectivity index (χ3n) is 5.02. The highest BCUT2D eigenvalue weighted by molar-refractivity contribution is 7.12. The van der Waals surface area contributed by atoms with Crippen LogP contribution in [0.4, 0.5) is 0 Å². The lowest BCUT2D eigenvalue weighted by Gasteiger charge is -2.25. The number of rotatable bonds is 5. The van der Waals surface area contributed by atoms with E-state index in [1.807, 2.05) is 41.9 Å². The van der Waals surface area contributed by atoms with Crippen molar-refractivity contribution in [2.45, 2.75) is 19.8 Å². The van der Waals surface area contributed by atoms with Crippen molar-refractivity contribution in [2.24, 2.45) is 0 Å². The summed E-state index contributed by atoms with van der Waals surface area (Å²) in [4.78, 5) is 15.9. The quantitative estimate of drug-likeness (QED) is 0.546. The zero-order valence-corrected chi connectivity index (χ0v) is 15.8. The van der Waals surface area contributed by atoms with Crippen molar-refractivity contribution in [3.63, 3.8) is 0 Å². The van der Waals surface area contributed by atoms with Gasteiger partial charge in [0.15, 0.2) is 0 Å². The first-order valence-corrected chi connectivity index (χ1v) is 9.95. The van der Waals surface area contributed by atoms with Gasteiger partial charge < -0.3 is 5.84 Å². The minimum absolute atomic E-state index is 0.0735. The molecule has 5 heteroatoms. The van der Waals surface area contributed by atoms with E-state index in [2.05, 4.69) is 17.9 Å². The standard InChI is InChI=1S/C21H23N3OS/c1-2-9-23-10-7-15(8-11-23)18-14-24(22)19-6-5-16(13-17(18)19)21(25)20-4-3-12-26-20/h3-7,12-14H,2,8-11,22H2,1H3. The Morgan fingerprint density at radius 2 is 2.19 bits per heavy atom. The van der Waals surface area contributed by atoms with Crippen LogP contribution < -0.4 is 5.84 Å². The topological polar surface area (TPSA) is 51.3 Å². The van der Waals surface area contributed by atoms with Crippen LogP contribution in [0.25, 0.3) is 16.5 Å². The number of carbonyl (C=O) groups is 1. The fraction of sp³-hybridized carbons (Fsp3) is 0.286. The van der Waals surface area contributed by atoms with E-state index in [-0.39, 0.29) is 5.78 Å². The van der Waals surface area contributed by atoms with E-state index in [0.29, 0.717) is 0 Å². The molecule has 0 unspecified atom stereocenters. The number of hydrogen-bond donors (Lipinski definition) is 1. The second-order valence-corrected chi connectivity index (χ2v) is 7.72. The SMILES string of the molecule is CCCN1CC=C(c2cn(N)c3ccc(C(=O)c4cccs4)cc23)CC1. The monoisotopic (exact) mass is 365 g/mol. The van der Waals surface area contributed by atoms with Gasteiger partial charge in [-0.25, -0.2) is 0 Å². The average molecular weight is 366 g/mol. The van der Waals surface area contributed by atoms with Gasteiger partial charge in [-0.2, -0.15) is 0 Å². The number of fused-ring (bicyclic) bond motifs is 1. The molecular formula is C21H23N3OS. The first-order chi connectivity index (χ1) is 12.7. The Kier molecular flexibility index (Phi) is 4.66. The largest absolute Gasteiger partial charge is 0.339 e. The molecule has 0 spiro atoms. The van der Waals surface area contributed by atoms with E-state index in [9.17, 15) is 4.79 Å². The van der Waals surface area contributed by atoms with Gasteiger partial charge in [0.25, 0.3) is 0 Å². The highest BCUT2D eigenvalue weighted by atomic mass is 32.1. The van der Waals surface area contributed by atoms with E-state index in [0.717, 1.165) is 53.0 Å². The fourth-order valence-corrected chi connectivity index (χ4v) is 4.36. The van der Waals surface area contributed by atoms with Gasteiger partial charge in [0.2, 0.25) is 5.78 Å². The van der Waals surface area contributed by atoms with Gasteiger partial charge in [0.1, 0.15) is 0 Å². The molecule has 0 saturated carbocycles. The summed E-state index contributed by atoms with van der Waals surface area (Å²) in [5.41, 5.74) is 4.16. The number of ketones is 1. The molecule has 3 aromatic rings. The molecule has 1 aliphatic rings. The van der Waals surface area contributed by atoms with Crippen LogP contribution in [-0.2, 0) is 0 Å². The molecule has 0 bridgehead atoms. The van der Waals surface area contributed by atoms with Crippen LogP contribution in [-0.4, -0.2) is 35.0 Å².